The summed E-state index contributed by atoms with van der Waals surface area (Å²) in [5.41, 5.74) is 7.77. The van der Waals surface area contributed by atoms with Gasteiger partial charge in [-0.15, -0.1) is 0 Å². The van der Waals surface area contributed by atoms with Crippen molar-refractivity contribution in [2.45, 2.75) is 19.1 Å². The van der Waals surface area contributed by atoms with E-state index in [9.17, 15) is 22.8 Å². The number of nitrogens with one attached hydrogen (secondary N) is 1. The lowest BCUT2D eigenvalue weighted by atomic mass is 10.0. The van der Waals surface area contributed by atoms with Crippen LogP contribution < -0.4 is 31.3 Å². The van der Waals surface area contributed by atoms with Gasteiger partial charge >= 0.3 is 11.9 Å². The van der Waals surface area contributed by atoms with E-state index in [4.69, 9.17) is 48.4 Å². The summed E-state index contributed by atoms with van der Waals surface area (Å²) in [6, 6.07) is 13.1. The summed E-state index contributed by atoms with van der Waals surface area (Å²) in [5.74, 6) is 0.677. The second-order valence-electron chi connectivity index (χ2n) is 17.3. The number of hydrogen-bond donors (Lipinski definition) is 2. The first-order valence-electron chi connectivity index (χ1n) is 25.2. The smallest absolute Gasteiger partial charge is 0.418 e. The second kappa shape index (κ2) is 29.8. The number of carbonyl (C=O) groups excluding carboxylic acids is 1. The molecule has 2 aromatic carbocycles. The second-order valence-corrected chi connectivity index (χ2v) is 17.3. The Morgan fingerprint density at radius 2 is 1.20 bits per heavy atom. The molecule has 7 rings (SSSR count). The Hall–Kier alpha value is -6.35. The van der Waals surface area contributed by atoms with E-state index in [1.165, 1.54) is 22.3 Å². The average molecular weight is 1070 g/mol. The zero-order chi connectivity index (χ0) is 53.5. The van der Waals surface area contributed by atoms with E-state index in [0.717, 1.165) is 17.2 Å². The lowest BCUT2D eigenvalue weighted by Gasteiger charge is -2.37. The fourth-order valence-corrected chi connectivity index (χ4v) is 8.18. The summed E-state index contributed by atoms with van der Waals surface area (Å²) < 4.78 is 96.4. The number of aryl methyl sites for hydroxylation is 1. The van der Waals surface area contributed by atoms with Crippen molar-refractivity contribution in [2.75, 3.05) is 155 Å². The number of nitrogens with two attached hydrogens (primary N) is 1. The minimum Gasteiger partial charge on any atom is -0.481 e. The third-order valence-corrected chi connectivity index (χ3v) is 12.1. The molecule has 0 bridgehead atoms. The maximum Gasteiger partial charge on any atom is 0.418 e. The molecule has 0 radical (unpaired) electrons. The van der Waals surface area contributed by atoms with E-state index < -0.39 is 17.4 Å². The van der Waals surface area contributed by atoms with Crippen LogP contribution in [0.4, 0.5) is 24.8 Å². The Morgan fingerprint density at radius 3 is 1.74 bits per heavy atom. The van der Waals surface area contributed by atoms with Crippen LogP contribution in [0.1, 0.15) is 17.5 Å². The van der Waals surface area contributed by atoms with Crippen molar-refractivity contribution >= 4 is 39.5 Å². The van der Waals surface area contributed by atoms with Crippen LogP contribution in [-0.2, 0) is 62.5 Å². The van der Waals surface area contributed by atoms with Crippen molar-refractivity contribution in [3.8, 4) is 22.7 Å². The van der Waals surface area contributed by atoms with Crippen molar-refractivity contribution < 1.29 is 60.6 Å². The maximum atomic E-state index is 15.0. The lowest BCUT2D eigenvalue weighted by Crippen LogP contribution is -2.47. The Balaban J connectivity index is 0.772. The number of benzene rings is 2. The highest BCUT2D eigenvalue weighted by Gasteiger charge is 2.37. The van der Waals surface area contributed by atoms with Crippen LogP contribution in [0.2, 0.25) is 0 Å². The van der Waals surface area contributed by atoms with Crippen LogP contribution in [0.5, 0.6) is 5.88 Å². The van der Waals surface area contributed by atoms with Crippen LogP contribution >= 0.6 is 0 Å². The minimum absolute atomic E-state index is 0.00726. The van der Waals surface area contributed by atoms with Gasteiger partial charge in [0.05, 0.1) is 147 Å². The molecule has 3 N–H and O–H groups in total. The van der Waals surface area contributed by atoms with Gasteiger partial charge in [0.25, 0.3) is 0 Å². The third kappa shape index (κ3) is 16.6. The molecule has 1 amide bonds. The molecule has 0 aliphatic carbocycles. The van der Waals surface area contributed by atoms with Gasteiger partial charge in [-0.05, 0) is 42.0 Å². The number of imidazole rings is 1. The van der Waals surface area contributed by atoms with Crippen molar-refractivity contribution in [2.24, 2.45) is 12.8 Å². The molecular formula is C52H67F3N10O11. The third-order valence-electron chi connectivity index (χ3n) is 12.1. The zero-order valence-electron chi connectivity index (χ0n) is 43.0. The minimum atomic E-state index is -4.73. The van der Waals surface area contributed by atoms with Crippen molar-refractivity contribution in [1.29, 1.82) is 0 Å². The standard InChI is InChI=1S/C52H67F3N10O11/c1-62-46-37-57-44-6-3-39(40-4-8-48(68-2)59-36-40)31-42(44)49(46)65(51(62)67)41-5-7-45(43(32-41)52(53,54)55)63-11-13-64(14-12-63)50-60-34-38(35-61-50)33-58-47(66)9-15-69-17-19-71-21-23-73-25-27-75-29-30-76-28-26-74-24-22-72-20-18-70-16-10-56/h3-8,31-32,34-37H,9-30,33,56H2,1-2H3,(H,58,66). The number of nitrogens with zero attached hydrogens (tertiary/aromatic N) is 8. The lowest BCUT2D eigenvalue weighted by molar-refractivity contribution is -0.137. The van der Waals surface area contributed by atoms with Crippen molar-refractivity contribution in [1.82, 2.24) is 34.4 Å². The number of alkyl halides is 3. The molecule has 412 valence electrons. The Bertz CT molecular complexity index is 2780. The molecule has 0 atom stereocenters. The Morgan fingerprint density at radius 1 is 0.645 bits per heavy atom. The van der Waals surface area contributed by atoms with E-state index in [0.29, 0.717) is 158 Å². The highest BCUT2D eigenvalue weighted by molar-refractivity contribution is 6.04. The quantitative estimate of drug-likeness (QED) is 0.0552. The van der Waals surface area contributed by atoms with Crippen LogP contribution in [0.3, 0.4) is 0 Å². The van der Waals surface area contributed by atoms with E-state index in [2.05, 4.69) is 25.3 Å². The predicted molar refractivity (Wildman–Crippen MR) is 277 cm³/mol. The van der Waals surface area contributed by atoms with E-state index in [-0.39, 0.29) is 49.9 Å². The number of ether oxygens (including phenoxy) is 9. The highest BCUT2D eigenvalue weighted by Crippen LogP contribution is 2.39. The number of pyridine rings is 2. The molecule has 1 fully saturated rings. The fourth-order valence-electron chi connectivity index (χ4n) is 8.18. The van der Waals surface area contributed by atoms with Crippen molar-refractivity contribution in [3.63, 3.8) is 0 Å². The molecule has 21 nitrogen and oxygen atoms in total. The van der Waals surface area contributed by atoms with E-state index in [1.54, 1.807) is 48.9 Å². The number of methoxy groups -OCH3 is 1. The van der Waals surface area contributed by atoms with E-state index >= 15 is 0 Å². The van der Waals surface area contributed by atoms with Gasteiger partial charge in [0, 0.05) is 99.6 Å². The molecule has 6 aromatic rings. The predicted octanol–water partition coefficient (Wildman–Crippen LogP) is 4.18. The monoisotopic (exact) mass is 1060 g/mol. The number of halogens is 3. The topological polar surface area (TPSA) is 223 Å². The number of amides is 1. The number of carbonyl (C=O) groups is 1. The van der Waals surface area contributed by atoms with Gasteiger partial charge in [-0.1, -0.05) is 6.07 Å². The van der Waals surface area contributed by atoms with Crippen LogP contribution in [0.15, 0.2) is 78.1 Å². The Kier molecular flexibility index (Phi) is 22.5. The number of hydrogen-bond acceptors (Lipinski definition) is 18. The van der Waals surface area contributed by atoms with Gasteiger partial charge in [-0.3, -0.25) is 18.9 Å². The number of piperazine rings is 1. The number of aromatic nitrogens is 6. The molecule has 76 heavy (non-hydrogen) atoms. The molecule has 24 heteroatoms. The summed E-state index contributed by atoms with van der Waals surface area (Å²) in [6.45, 7) is 9.01. The van der Waals surface area contributed by atoms with Crippen LogP contribution in [0, 0.1) is 0 Å². The average Bonchev–Trinajstić information content (AvgIpc) is 3.74. The normalized spacial score (nSPS) is 13.1. The molecule has 4 aromatic heterocycles. The molecule has 0 saturated carbocycles. The first kappa shape index (κ1) is 57.4. The summed E-state index contributed by atoms with van der Waals surface area (Å²) in [6.07, 6.45) is 1.88. The van der Waals surface area contributed by atoms with Gasteiger partial charge in [0.2, 0.25) is 17.7 Å². The van der Waals surface area contributed by atoms with Gasteiger partial charge in [0.15, 0.2) is 0 Å². The summed E-state index contributed by atoms with van der Waals surface area (Å²) in [7, 11) is 3.10. The largest absolute Gasteiger partial charge is 0.481 e. The van der Waals surface area contributed by atoms with Gasteiger partial charge in [-0.25, -0.2) is 19.7 Å². The molecular weight excluding hydrogens is 998 g/mol. The maximum absolute atomic E-state index is 15.0. The molecule has 1 aliphatic rings. The van der Waals surface area contributed by atoms with Gasteiger partial charge in [0.1, 0.15) is 0 Å². The summed E-state index contributed by atoms with van der Waals surface area (Å²) in [4.78, 5) is 47.7. The zero-order valence-corrected chi connectivity index (χ0v) is 43.0. The van der Waals surface area contributed by atoms with Crippen LogP contribution in [-0.4, -0.2) is 181 Å². The number of fused-ring (bicyclic) bond motifs is 3. The van der Waals surface area contributed by atoms with Gasteiger partial charge in [-0.2, -0.15) is 13.2 Å². The molecule has 0 unspecified atom stereocenters. The molecule has 5 heterocycles. The first-order valence-corrected chi connectivity index (χ1v) is 25.2. The number of rotatable bonds is 33. The highest BCUT2D eigenvalue weighted by atomic mass is 19.4. The fraction of sp³-hybridized carbons (Fsp3) is 0.500. The SMILES string of the molecule is COc1ccc(-c2ccc3ncc4c(c3c2)n(-c2ccc(N3CCN(c5ncc(CNC(=O)CCOCCOCCOCCOCCOCCOCCOCCOCCN)cn5)CC3)c(C(F)(F)F)c2)c(=O)n4C)cn1. The molecule has 1 saturated heterocycles. The molecule has 1 aliphatic heterocycles. The Labute approximate surface area is 438 Å². The summed E-state index contributed by atoms with van der Waals surface area (Å²) in [5, 5.41) is 3.43. The first-order chi connectivity index (χ1) is 37.0. The van der Waals surface area contributed by atoms with Crippen molar-refractivity contribution in [3.05, 3.63) is 94.9 Å². The van der Waals surface area contributed by atoms with E-state index in [1.807, 2.05) is 29.2 Å². The molecule has 0 spiro atoms. The summed E-state index contributed by atoms with van der Waals surface area (Å²) >= 11 is 0. The van der Waals surface area contributed by atoms with Crippen LogP contribution in [0.25, 0.3) is 38.8 Å². The van der Waals surface area contributed by atoms with Gasteiger partial charge < -0.3 is 63.5 Å². The number of anilines is 2.